The Kier molecular flexibility index (Phi) is 6.76. The zero-order chi connectivity index (χ0) is 27.9. The first kappa shape index (κ1) is 28.2. The molecule has 5 aliphatic carbocycles. The van der Waals surface area contributed by atoms with E-state index in [1.54, 1.807) is 13.8 Å². The zero-order valence-corrected chi connectivity index (χ0v) is 25.6. The van der Waals surface area contributed by atoms with E-state index in [2.05, 4.69) is 48.1 Å². The molecule has 5 fully saturated rings. The molecule has 4 nitrogen and oxygen atoms in total. The molecule has 0 bridgehead atoms. The Morgan fingerprint density at radius 3 is 2.11 bits per heavy atom. The Balaban J connectivity index is 1.49. The minimum Gasteiger partial charge on any atom is -0.465 e. The van der Waals surface area contributed by atoms with Crippen molar-refractivity contribution in [1.82, 2.24) is 0 Å². The van der Waals surface area contributed by atoms with Gasteiger partial charge in [-0.05, 0) is 117 Å². The summed E-state index contributed by atoms with van der Waals surface area (Å²) in [5, 5.41) is 0. The quantitative estimate of drug-likeness (QED) is 0.274. The average molecular weight is 527 g/mol. The summed E-state index contributed by atoms with van der Waals surface area (Å²) in [6.45, 7) is 23.1. The minimum absolute atomic E-state index is 0.00000109. The van der Waals surface area contributed by atoms with E-state index in [0.29, 0.717) is 41.6 Å². The summed E-state index contributed by atoms with van der Waals surface area (Å²) in [5.41, 5.74) is 2.30. The maximum atomic E-state index is 11.9. The van der Waals surface area contributed by atoms with Crippen LogP contribution in [-0.4, -0.2) is 24.6 Å². The number of fused-ring (bicyclic) bond motifs is 7. The van der Waals surface area contributed by atoms with Crippen LogP contribution >= 0.6 is 0 Å². The van der Waals surface area contributed by atoms with Crippen molar-refractivity contribution in [3.8, 4) is 0 Å². The van der Waals surface area contributed by atoms with E-state index < -0.39 is 0 Å². The van der Waals surface area contributed by atoms with Crippen LogP contribution < -0.4 is 0 Å². The number of hydrogen-bond acceptors (Lipinski definition) is 4. The molecular formula is C34H54O4. The lowest BCUT2D eigenvalue weighted by atomic mass is 9.32. The number of ether oxygens (including phenoxy) is 2. The number of carbonyl (C=O) groups is 2. The van der Waals surface area contributed by atoms with Gasteiger partial charge in [0, 0.05) is 24.7 Å². The molecular weight excluding hydrogens is 472 g/mol. The van der Waals surface area contributed by atoms with Crippen molar-refractivity contribution < 1.29 is 19.1 Å². The minimum atomic E-state index is -0.140. The molecule has 214 valence electrons. The van der Waals surface area contributed by atoms with Gasteiger partial charge in [0.15, 0.2) is 0 Å². The van der Waals surface area contributed by atoms with Crippen LogP contribution in [-0.2, 0) is 19.1 Å². The zero-order valence-electron chi connectivity index (χ0n) is 25.6. The first-order chi connectivity index (χ1) is 17.6. The molecule has 0 amide bonds. The molecule has 0 aromatic rings. The Hall–Kier alpha value is -1.32. The van der Waals surface area contributed by atoms with Gasteiger partial charge in [0.25, 0.3) is 0 Å². The third-order valence-electron chi connectivity index (χ3n) is 14.0. The lowest BCUT2D eigenvalue weighted by molar-refractivity contribution is -0.252. The SMILES string of the molecule is C=C(C)[C@@H]1CC[C@@]2(COC(C)=O)CC[C@]3(C)[C@H](CC[C@@H]4[C@@]5(C)CC[C@@H](OC(C)=O)C(C)(C)[C@@H]5CC[C@]43C)[C@@H]12. The third-order valence-corrected chi connectivity index (χ3v) is 14.0. The van der Waals surface area contributed by atoms with Gasteiger partial charge < -0.3 is 9.47 Å². The molecule has 0 aromatic heterocycles. The molecule has 0 radical (unpaired) electrons. The molecule has 5 aliphatic rings. The topological polar surface area (TPSA) is 52.6 Å². The van der Waals surface area contributed by atoms with Crippen LogP contribution in [0.3, 0.4) is 0 Å². The molecule has 4 heteroatoms. The lowest BCUT2D eigenvalue weighted by Gasteiger charge is -2.73. The molecule has 0 heterocycles. The summed E-state index contributed by atoms with van der Waals surface area (Å²) < 4.78 is 11.7. The van der Waals surface area contributed by atoms with E-state index >= 15 is 0 Å². The number of rotatable bonds is 4. The number of carbonyl (C=O) groups excluding carboxylic acids is 2. The smallest absolute Gasteiger partial charge is 0.302 e. The second kappa shape index (κ2) is 9.10. The fourth-order valence-corrected chi connectivity index (χ4v) is 12.2. The molecule has 0 aromatic carbocycles. The number of hydrogen-bond donors (Lipinski definition) is 0. The van der Waals surface area contributed by atoms with E-state index in [0.717, 1.165) is 12.8 Å². The van der Waals surface area contributed by atoms with Crippen LogP contribution in [0.1, 0.15) is 120 Å². The Morgan fingerprint density at radius 1 is 0.763 bits per heavy atom. The third kappa shape index (κ3) is 3.80. The van der Waals surface area contributed by atoms with Crippen molar-refractivity contribution in [2.24, 2.45) is 56.7 Å². The normalized spacial score (nSPS) is 49.1. The van der Waals surface area contributed by atoms with Crippen LogP contribution in [0.4, 0.5) is 0 Å². The fourth-order valence-electron chi connectivity index (χ4n) is 12.2. The van der Waals surface area contributed by atoms with Crippen LogP contribution in [0.5, 0.6) is 0 Å². The summed E-state index contributed by atoms with van der Waals surface area (Å²) in [6.07, 6.45) is 12.0. The van der Waals surface area contributed by atoms with Gasteiger partial charge in [-0.15, -0.1) is 0 Å². The summed E-state index contributed by atoms with van der Waals surface area (Å²) in [7, 11) is 0. The van der Waals surface area contributed by atoms with Gasteiger partial charge in [0.05, 0.1) is 6.61 Å². The highest BCUT2D eigenvalue weighted by molar-refractivity contribution is 5.66. The van der Waals surface area contributed by atoms with Crippen molar-refractivity contribution in [3.63, 3.8) is 0 Å². The molecule has 0 aliphatic heterocycles. The summed E-state index contributed by atoms with van der Waals surface area (Å²) in [6, 6.07) is 0. The van der Waals surface area contributed by atoms with Crippen LogP contribution in [0.2, 0.25) is 0 Å². The van der Waals surface area contributed by atoms with E-state index in [1.165, 1.54) is 56.9 Å². The van der Waals surface area contributed by atoms with Crippen LogP contribution in [0.15, 0.2) is 12.2 Å². The lowest BCUT2D eigenvalue weighted by Crippen LogP contribution is -2.67. The predicted octanol–water partition coefficient (Wildman–Crippen LogP) is 8.14. The first-order valence-electron chi connectivity index (χ1n) is 15.6. The van der Waals surface area contributed by atoms with Crippen molar-refractivity contribution in [2.45, 2.75) is 126 Å². The fraction of sp³-hybridized carbons (Fsp3) is 0.882. The molecule has 0 N–H and O–H groups in total. The van der Waals surface area contributed by atoms with Crippen molar-refractivity contribution in [3.05, 3.63) is 12.2 Å². The van der Waals surface area contributed by atoms with Gasteiger partial charge in [-0.2, -0.15) is 0 Å². The molecule has 5 rings (SSSR count). The van der Waals surface area contributed by atoms with Gasteiger partial charge in [0.1, 0.15) is 6.10 Å². The standard InChI is InChI=1S/C34H54O4/c1-21(2)24-12-17-34(20-37-22(3)35)19-18-32(8)25(29(24)34)10-11-27-31(7)15-14-28(38-23(4)36)30(5,6)26(31)13-16-33(27,32)9/h24-29H,1,10-20H2,2-9H3/t24-,25+,26-,27+,28+,29+,31-,32+,33+,34-/m0/s1. The highest BCUT2D eigenvalue weighted by atomic mass is 16.5. The van der Waals surface area contributed by atoms with Gasteiger partial charge in [-0.25, -0.2) is 0 Å². The Bertz CT molecular complexity index is 998. The van der Waals surface area contributed by atoms with Gasteiger partial charge >= 0.3 is 11.9 Å². The van der Waals surface area contributed by atoms with Gasteiger partial charge in [-0.1, -0.05) is 46.8 Å². The molecule has 0 saturated heterocycles. The van der Waals surface area contributed by atoms with Crippen molar-refractivity contribution in [2.75, 3.05) is 6.61 Å². The molecule has 5 saturated carbocycles. The molecule has 0 spiro atoms. The highest BCUT2D eigenvalue weighted by Crippen LogP contribution is 2.77. The maximum Gasteiger partial charge on any atom is 0.302 e. The number of esters is 2. The van der Waals surface area contributed by atoms with Crippen molar-refractivity contribution >= 4 is 11.9 Å². The van der Waals surface area contributed by atoms with Crippen molar-refractivity contribution in [1.29, 1.82) is 0 Å². The number of allylic oxidation sites excluding steroid dienone is 1. The van der Waals surface area contributed by atoms with E-state index in [-0.39, 0.29) is 39.7 Å². The van der Waals surface area contributed by atoms with E-state index in [1.807, 2.05) is 0 Å². The summed E-state index contributed by atoms with van der Waals surface area (Å²) in [5.74, 6) is 2.76. The largest absolute Gasteiger partial charge is 0.465 e. The molecule has 10 atom stereocenters. The van der Waals surface area contributed by atoms with Gasteiger partial charge in [-0.3, -0.25) is 9.59 Å². The second-order valence-electron chi connectivity index (χ2n) is 15.8. The van der Waals surface area contributed by atoms with E-state index in [4.69, 9.17) is 9.47 Å². The second-order valence-corrected chi connectivity index (χ2v) is 15.8. The van der Waals surface area contributed by atoms with Crippen LogP contribution in [0, 0.1) is 56.7 Å². The van der Waals surface area contributed by atoms with E-state index in [9.17, 15) is 9.59 Å². The first-order valence-corrected chi connectivity index (χ1v) is 15.6. The monoisotopic (exact) mass is 526 g/mol. The highest BCUT2D eigenvalue weighted by Gasteiger charge is 2.71. The average Bonchev–Trinajstić information content (AvgIpc) is 3.20. The molecule has 38 heavy (non-hydrogen) atoms. The Morgan fingerprint density at radius 2 is 1.47 bits per heavy atom. The Labute approximate surface area is 232 Å². The van der Waals surface area contributed by atoms with Crippen LogP contribution in [0.25, 0.3) is 0 Å². The van der Waals surface area contributed by atoms with Gasteiger partial charge in [0.2, 0.25) is 0 Å². The summed E-state index contributed by atoms with van der Waals surface area (Å²) in [4.78, 5) is 23.8. The maximum absolute atomic E-state index is 11.9. The molecule has 0 unspecified atom stereocenters. The predicted molar refractivity (Wildman–Crippen MR) is 151 cm³/mol. The summed E-state index contributed by atoms with van der Waals surface area (Å²) >= 11 is 0.